The van der Waals surface area contributed by atoms with Crippen LogP contribution in [0.5, 0.6) is 0 Å². The van der Waals surface area contributed by atoms with E-state index in [0.29, 0.717) is 19.3 Å². The summed E-state index contributed by atoms with van der Waals surface area (Å²) in [5.41, 5.74) is 0. The third kappa shape index (κ3) is 63.2. The van der Waals surface area contributed by atoms with Gasteiger partial charge in [-0.1, -0.05) is 254 Å². The first-order valence-corrected chi connectivity index (χ1v) is 31.3. The molecule has 0 aromatic rings. The molecule has 0 radical (unpaired) electrons. The maximum Gasteiger partial charge on any atom is 0.306 e. The molecule has 0 aliphatic rings. The standard InChI is InChI=1S/C73H112O6/c1-4-7-10-13-16-19-22-25-27-29-31-33-35-36-38-39-41-43-45-48-51-54-57-60-63-66-72(75)78-69-70(68-77-71(74)65-62-59-56-53-50-47-24-21-18-15-12-9-6-3)79-73(76)67-64-61-58-55-52-49-46-44-42-40-37-34-32-30-28-26-23-20-17-14-11-8-5-2/h7-8,10-12,15-17,19-21,24-28,31-34,36,38,40-43,46,49,55,58,70H,4-6,9,13-14,18,22-23,29-30,35,37,39,44-45,47-48,50-54,56-57,59-69H2,1-3H3/b10-7-,11-8-,15-12-,19-16-,20-17-,24-21-,27-25-,28-26-,33-31-,34-32-,38-36-,42-40-,43-41-,49-46-,58-55-. The number of allylic oxidation sites excluding steroid dienone is 30. The van der Waals surface area contributed by atoms with Gasteiger partial charge in [0.25, 0.3) is 0 Å². The van der Waals surface area contributed by atoms with Crippen LogP contribution >= 0.6 is 0 Å². The lowest BCUT2D eigenvalue weighted by atomic mass is 10.1. The van der Waals surface area contributed by atoms with E-state index in [2.05, 4.69) is 203 Å². The van der Waals surface area contributed by atoms with E-state index in [9.17, 15) is 14.4 Å². The normalized spacial score (nSPS) is 13.4. The molecule has 6 nitrogen and oxygen atoms in total. The summed E-state index contributed by atoms with van der Waals surface area (Å²) in [6, 6.07) is 0. The van der Waals surface area contributed by atoms with Gasteiger partial charge in [-0.25, -0.2) is 0 Å². The lowest BCUT2D eigenvalue weighted by Gasteiger charge is -2.18. The van der Waals surface area contributed by atoms with E-state index in [1.54, 1.807) is 0 Å². The van der Waals surface area contributed by atoms with Gasteiger partial charge >= 0.3 is 17.9 Å². The van der Waals surface area contributed by atoms with Crippen molar-refractivity contribution in [2.45, 2.75) is 245 Å². The van der Waals surface area contributed by atoms with Gasteiger partial charge in [0.1, 0.15) is 13.2 Å². The molecule has 1 unspecified atom stereocenters. The molecule has 0 aliphatic carbocycles. The molecular formula is C73H112O6. The zero-order valence-corrected chi connectivity index (χ0v) is 50.3. The average molecular weight is 1090 g/mol. The summed E-state index contributed by atoms with van der Waals surface area (Å²) in [5.74, 6) is -1.02. The van der Waals surface area contributed by atoms with E-state index in [4.69, 9.17) is 14.2 Å². The van der Waals surface area contributed by atoms with Gasteiger partial charge in [0.15, 0.2) is 6.10 Å². The van der Waals surface area contributed by atoms with Crippen LogP contribution in [0.2, 0.25) is 0 Å². The van der Waals surface area contributed by atoms with Crippen molar-refractivity contribution in [1.29, 1.82) is 0 Å². The predicted molar refractivity (Wildman–Crippen MR) is 343 cm³/mol. The Morgan fingerprint density at radius 3 is 0.810 bits per heavy atom. The number of carbonyl (C=O) groups excluding carboxylic acids is 3. The molecule has 0 bridgehead atoms. The molecule has 0 fully saturated rings. The molecule has 0 amide bonds. The van der Waals surface area contributed by atoms with Gasteiger partial charge in [-0.15, -0.1) is 0 Å². The van der Waals surface area contributed by atoms with E-state index in [-0.39, 0.29) is 37.5 Å². The summed E-state index contributed by atoms with van der Waals surface area (Å²) in [7, 11) is 0. The number of unbranched alkanes of at least 4 members (excludes halogenated alkanes) is 13. The largest absolute Gasteiger partial charge is 0.462 e. The fourth-order valence-electron chi connectivity index (χ4n) is 7.77. The van der Waals surface area contributed by atoms with Gasteiger partial charge in [-0.3, -0.25) is 14.4 Å². The Morgan fingerprint density at radius 1 is 0.266 bits per heavy atom. The second kappa shape index (κ2) is 65.0. The first kappa shape index (κ1) is 73.5. The van der Waals surface area contributed by atoms with Gasteiger partial charge in [-0.05, 0) is 148 Å². The molecule has 1 atom stereocenters. The molecule has 0 N–H and O–H groups in total. The summed E-state index contributed by atoms with van der Waals surface area (Å²) >= 11 is 0. The van der Waals surface area contributed by atoms with E-state index in [1.807, 2.05) is 0 Å². The van der Waals surface area contributed by atoms with Crippen molar-refractivity contribution < 1.29 is 28.6 Å². The predicted octanol–water partition coefficient (Wildman–Crippen LogP) is 21.7. The van der Waals surface area contributed by atoms with Crippen molar-refractivity contribution in [3.8, 4) is 0 Å². The number of ether oxygens (including phenoxy) is 3. The summed E-state index contributed by atoms with van der Waals surface area (Å²) in [4.78, 5) is 38.3. The van der Waals surface area contributed by atoms with Crippen molar-refractivity contribution >= 4 is 17.9 Å². The molecule has 0 spiro atoms. The number of hydrogen-bond acceptors (Lipinski definition) is 6. The molecule has 0 saturated heterocycles. The average Bonchev–Trinajstić information content (AvgIpc) is 3.45. The zero-order valence-electron chi connectivity index (χ0n) is 50.3. The lowest BCUT2D eigenvalue weighted by Crippen LogP contribution is -2.30. The number of rotatable bonds is 54. The van der Waals surface area contributed by atoms with Crippen LogP contribution in [0.15, 0.2) is 182 Å². The first-order chi connectivity index (χ1) is 39.0. The highest BCUT2D eigenvalue weighted by molar-refractivity contribution is 5.71. The second-order valence-corrected chi connectivity index (χ2v) is 19.8. The van der Waals surface area contributed by atoms with Crippen molar-refractivity contribution in [1.82, 2.24) is 0 Å². The topological polar surface area (TPSA) is 78.9 Å². The Hall–Kier alpha value is -5.49. The molecule has 0 rings (SSSR count). The number of esters is 3. The second-order valence-electron chi connectivity index (χ2n) is 19.8. The van der Waals surface area contributed by atoms with Gasteiger partial charge in [0, 0.05) is 19.3 Å². The van der Waals surface area contributed by atoms with Crippen LogP contribution < -0.4 is 0 Å². The molecule has 6 heteroatoms. The Bertz CT molecular complexity index is 1870. The molecular weight excluding hydrogens is 973 g/mol. The van der Waals surface area contributed by atoms with Crippen molar-refractivity contribution in [2.75, 3.05) is 13.2 Å². The smallest absolute Gasteiger partial charge is 0.306 e. The van der Waals surface area contributed by atoms with E-state index >= 15 is 0 Å². The quantitative estimate of drug-likeness (QED) is 0.0261. The molecule has 0 saturated carbocycles. The highest BCUT2D eigenvalue weighted by atomic mass is 16.6. The SMILES string of the molecule is CC/C=C\C/C=C\C/C=C\C/C=C\C/C=C\C/C=C\C/C=C\CCCC(=O)OC(COC(=O)CCCCCCC/C=C\C/C=C\CCC)COC(=O)CCCCCCCC/C=C\C/C=C\C/C=C\C/C=C\C/C=C\C/C=C\CC. The minimum Gasteiger partial charge on any atom is -0.462 e. The fraction of sp³-hybridized carbons (Fsp3) is 0.548. The summed E-state index contributed by atoms with van der Waals surface area (Å²) < 4.78 is 16.8. The van der Waals surface area contributed by atoms with Gasteiger partial charge in [-0.2, -0.15) is 0 Å². The molecule has 440 valence electrons. The van der Waals surface area contributed by atoms with Crippen LogP contribution in [0.4, 0.5) is 0 Å². The monoisotopic (exact) mass is 1080 g/mol. The highest BCUT2D eigenvalue weighted by Crippen LogP contribution is 2.13. The maximum absolute atomic E-state index is 12.9. The molecule has 0 aromatic heterocycles. The van der Waals surface area contributed by atoms with Gasteiger partial charge in [0.05, 0.1) is 0 Å². The summed E-state index contributed by atoms with van der Waals surface area (Å²) in [6.07, 6.45) is 97.5. The Balaban J connectivity index is 4.53. The van der Waals surface area contributed by atoms with Crippen LogP contribution in [0, 0.1) is 0 Å². The van der Waals surface area contributed by atoms with Crippen LogP contribution in [0.1, 0.15) is 239 Å². The van der Waals surface area contributed by atoms with E-state index < -0.39 is 6.10 Å². The lowest BCUT2D eigenvalue weighted by molar-refractivity contribution is -0.167. The third-order valence-corrected chi connectivity index (χ3v) is 12.4. The first-order valence-electron chi connectivity index (χ1n) is 31.3. The zero-order chi connectivity index (χ0) is 57.1. The third-order valence-electron chi connectivity index (χ3n) is 12.4. The minimum absolute atomic E-state index is 0.123. The highest BCUT2D eigenvalue weighted by Gasteiger charge is 2.19. The Labute approximate surface area is 484 Å². The van der Waals surface area contributed by atoms with E-state index in [0.717, 1.165) is 173 Å². The molecule has 0 aromatic carbocycles. The number of hydrogen-bond donors (Lipinski definition) is 0. The van der Waals surface area contributed by atoms with Crippen LogP contribution in [0.25, 0.3) is 0 Å². The fourth-order valence-corrected chi connectivity index (χ4v) is 7.77. The summed E-state index contributed by atoms with van der Waals surface area (Å²) in [6.45, 7) is 6.26. The Morgan fingerprint density at radius 2 is 0.506 bits per heavy atom. The maximum atomic E-state index is 12.9. The van der Waals surface area contributed by atoms with Crippen molar-refractivity contribution in [2.24, 2.45) is 0 Å². The van der Waals surface area contributed by atoms with Gasteiger partial charge in [0.2, 0.25) is 0 Å². The van der Waals surface area contributed by atoms with Crippen molar-refractivity contribution in [3.63, 3.8) is 0 Å². The summed E-state index contributed by atoms with van der Waals surface area (Å²) in [5, 5.41) is 0. The van der Waals surface area contributed by atoms with Crippen LogP contribution in [-0.4, -0.2) is 37.2 Å². The molecule has 79 heavy (non-hydrogen) atoms. The molecule has 0 aliphatic heterocycles. The minimum atomic E-state index is -0.833. The van der Waals surface area contributed by atoms with Gasteiger partial charge < -0.3 is 14.2 Å². The van der Waals surface area contributed by atoms with Crippen LogP contribution in [-0.2, 0) is 28.6 Å². The number of carbonyl (C=O) groups is 3. The van der Waals surface area contributed by atoms with Crippen molar-refractivity contribution in [3.05, 3.63) is 182 Å². The molecule has 0 heterocycles. The van der Waals surface area contributed by atoms with E-state index in [1.165, 1.54) is 19.3 Å². The van der Waals surface area contributed by atoms with Crippen LogP contribution in [0.3, 0.4) is 0 Å². The Kier molecular flexibility index (Phi) is 60.5.